The summed E-state index contributed by atoms with van der Waals surface area (Å²) >= 11 is 0. The molecule has 3 fully saturated rings. The highest BCUT2D eigenvalue weighted by atomic mass is 16.3. The Bertz CT molecular complexity index is 257. The summed E-state index contributed by atoms with van der Waals surface area (Å²) in [5.74, 6) is 0. The highest BCUT2D eigenvalue weighted by Crippen LogP contribution is 2.31. The molecule has 0 radical (unpaired) electrons. The topological polar surface area (TPSA) is 26.7 Å². The van der Waals surface area contributed by atoms with Gasteiger partial charge in [0.25, 0.3) is 0 Å². The Labute approximate surface area is 105 Å². The lowest BCUT2D eigenvalue weighted by Crippen LogP contribution is -2.42. The number of rotatable bonds is 3. The van der Waals surface area contributed by atoms with Crippen LogP contribution in [0.5, 0.6) is 0 Å². The lowest BCUT2D eigenvalue weighted by Gasteiger charge is -2.29. The number of aliphatic hydroxyl groups is 1. The third kappa shape index (κ3) is 2.67. The van der Waals surface area contributed by atoms with E-state index in [9.17, 15) is 5.11 Å². The molecule has 1 saturated carbocycles. The van der Waals surface area contributed by atoms with Crippen molar-refractivity contribution in [1.82, 2.24) is 9.80 Å². The van der Waals surface area contributed by atoms with E-state index >= 15 is 0 Å². The zero-order chi connectivity index (χ0) is 11.7. The van der Waals surface area contributed by atoms with Crippen LogP contribution in [0, 0.1) is 0 Å². The molecule has 3 aliphatic rings. The molecule has 3 rings (SSSR count). The molecule has 17 heavy (non-hydrogen) atoms. The molecule has 3 heteroatoms. The van der Waals surface area contributed by atoms with Crippen LogP contribution in [-0.4, -0.2) is 59.3 Å². The molecule has 2 saturated heterocycles. The molecule has 0 aromatic carbocycles. The fraction of sp³-hybridized carbons (Fsp3) is 1.00. The molecule has 2 aliphatic heterocycles. The second-order valence-corrected chi connectivity index (χ2v) is 6.35. The first-order valence-corrected chi connectivity index (χ1v) is 7.44. The molecule has 1 atom stereocenters. The molecule has 0 aromatic rings. The lowest BCUT2D eigenvalue weighted by atomic mass is 10.0. The lowest BCUT2D eigenvalue weighted by molar-refractivity contribution is 0.0141. The van der Waals surface area contributed by atoms with Crippen molar-refractivity contribution < 1.29 is 5.11 Å². The first-order valence-electron chi connectivity index (χ1n) is 7.44. The van der Waals surface area contributed by atoms with E-state index in [1.54, 1.807) is 0 Å². The van der Waals surface area contributed by atoms with Crippen LogP contribution in [0.25, 0.3) is 0 Å². The van der Waals surface area contributed by atoms with Gasteiger partial charge in [-0.3, -0.25) is 9.80 Å². The number of nitrogens with zero attached hydrogens (tertiary/aromatic N) is 2. The maximum absolute atomic E-state index is 10.4. The summed E-state index contributed by atoms with van der Waals surface area (Å²) in [5, 5.41) is 10.4. The van der Waals surface area contributed by atoms with Crippen LogP contribution >= 0.6 is 0 Å². The molecule has 0 bridgehead atoms. The van der Waals surface area contributed by atoms with Crippen molar-refractivity contribution in [1.29, 1.82) is 0 Å². The monoisotopic (exact) mass is 238 g/mol. The van der Waals surface area contributed by atoms with Gasteiger partial charge in [-0.2, -0.15) is 0 Å². The zero-order valence-electron chi connectivity index (χ0n) is 10.9. The molecule has 1 aliphatic carbocycles. The van der Waals surface area contributed by atoms with Gasteiger partial charge in [0.2, 0.25) is 0 Å². The van der Waals surface area contributed by atoms with Crippen molar-refractivity contribution in [3.8, 4) is 0 Å². The molecular weight excluding hydrogens is 212 g/mol. The quantitative estimate of drug-likeness (QED) is 0.806. The van der Waals surface area contributed by atoms with Gasteiger partial charge in [0.1, 0.15) is 0 Å². The summed E-state index contributed by atoms with van der Waals surface area (Å²) in [5.41, 5.74) is -0.347. The van der Waals surface area contributed by atoms with E-state index in [0.29, 0.717) is 0 Å². The summed E-state index contributed by atoms with van der Waals surface area (Å²) in [4.78, 5) is 5.17. The smallest absolute Gasteiger partial charge is 0.0774 e. The van der Waals surface area contributed by atoms with Crippen LogP contribution in [0.3, 0.4) is 0 Å². The molecule has 0 amide bonds. The largest absolute Gasteiger partial charge is 0.389 e. The maximum atomic E-state index is 10.4. The third-order valence-corrected chi connectivity index (χ3v) is 4.96. The Kier molecular flexibility index (Phi) is 3.42. The van der Waals surface area contributed by atoms with Gasteiger partial charge in [-0.25, -0.2) is 0 Å². The van der Waals surface area contributed by atoms with E-state index in [2.05, 4.69) is 9.80 Å². The average Bonchev–Trinajstić information content (AvgIpc) is 2.98. The summed E-state index contributed by atoms with van der Waals surface area (Å²) in [6.07, 6.45) is 8.59. The maximum Gasteiger partial charge on any atom is 0.0774 e. The third-order valence-electron chi connectivity index (χ3n) is 4.96. The zero-order valence-corrected chi connectivity index (χ0v) is 10.9. The fourth-order valence-corrected chi connectivity index (χ4v) is 3.97. The standard InChI is InChI=1S/C14H26N2O/c17-14(6-1-2-7-14)12-15-10-5-13(11-15)16-8-3-4-9-16/h13,17H,1-12H2. The van der Waals surface area contributed by atoms with Crippen LogP contribution in [-0.2, 0) is 0 Å². The Morgan fingerprint density at radius 2 is 1.71 bits per heavy atom. The SMILES string of the molecule is OC1(CN2CCC(N3CCCC3)C2)CCCC1. The summed E-state index contributed by atoms with van der Waals surface area (Å²) in [6, 6.07) is 0.780. The second kappa shape index (κ2) is 4.87. The first kappa shape index (κ1) is 11.9. The number of hydrogen-bond donors (Lipinski definition) is 1. The normalized spacial score (nSPS) is 34.8. The van der Waals surface area contributed by atoms with Gasteiger partial charge in [0, 0.05) is 19.1 Å². The van der Waals surface area contributed by atoms with Gasteiger partial charge in [0.05, 0.1) is 5.60 Å². The molecule has 0 spiro atoms. The first-order chi connectivity index (χ1) is 8.25. The Balaban J connectivity index is 1.50. The molecule has 0 aromatic heterocycles. The van der Waals surface area contributed by atoms with Crippen molar-refractivity contribution in [2.24, 2.45) is 0 Å². The highest BCUT2D eigenvalue weighted by molar-refractivity contribution is 4.92. The van der Waals surface area contributed by atoms with E-state index in [0.717, 1.165) is 25.4 Å². The van der Waals surface area contributed by atoms with E-state index in [-0.39, 0.29) is 5.60 Å². The number of hydrogen-bond acceptors (Lipinski definition) is 3. The van der Waals surface area contributed by atoms with E-state index in [1.165, 1.54) is 58.3 Å². The number of β-amino-alcohol motifs (C(OH)–C–C–N with tert-alkyl or cyclic N) is 1. The summed E-state index contributed by atoms with van der Waals surface area (Å²) in [6.45, 7) is 5.94. The van der Waals surface area contributed by atoms with Crippen molar-refractivity contribution in [3.05, 3.63) is 0 Å². The molecule has 3 nitrogen and oxygen atoms in total. The Hall–Kier alpha value is -0.120. The predicted molar refractivity (Wildman–Crippen MR) is 69.1 cm³/mol. The number of likely N-dealkylation sites (tertiary alicyclic amines) is 2. The van der Waals surface area contributed by atoms with Gasteiger partial charge in [-0.05, 0) is 51.7 Å². The highest BCUT2D eigenvalue weighted by Gasteiger charge is 2.36. The van der Waals surface area contributed by atoms with Crippen LogP contribution in [0.4, 0.5) is 0 Å². The van der Waals surface area contributed by atoms with Gasteiger partial charge in [0.15, 0.2) is 0 Å². The van der Waals surface area contributed by atoms with E-state index in [4.69, 9.17) is 0 Å². The van der Waals surface area contributed by atoms with Crippen molar-refractivity contribution in [2.75, 3.05) is 32.7 Å². The van der Waals surface area contributed by atoms with E-state index in [1.807, 2.05) is 0 Å². The minimum absolute atomic E-state index is 0.347. The van der Waals surface area contributed by atoms with Crippen LogP contribution < -0.4 is 0 Å². The molecule has 1 N–H and O–H groups in total. The molecule has 1 unspecified atom stereocenters. The Morgan fingerprint density at radius 3 is 2.41 bits per heavy atom. The van der Waals surface area contributed by atoms with Gasteiger partial charge in [-0.1, -0.05) is 12.8 Å². The van der Waals surface area contributed by atoms with Crippen LogP contribution in [0.15, 0.2) is 0 Å². The molecule has 2 heterocycles. The minimum atomic E-state index is -0.347. The predicted octanol–water partition coefficient (Wildman–Crippen LogP) is 1.46. The van der Waals surface area contributed by atoms with Crippen LogP contribution in [0.2, 0.25) is 0 Å². The second-order valence-electron chi connectivity index (χ2n) is 6.35. The Morgan fingerprint density at radius 1 is 1.00 bits per heavy atom. The van der Waals surface area contributed by atoms with E-state index < -0.39 is 0 Å². The van der Waals surface area contributed by atoms with Crippen molar-refractivity contribution in [3.63, 3.8) is 0 Å². The van der Waals surface area contributed by atoms with Crippen molar-refractivity contribution in [2.45, 2.75) is 56.6 Å². The van der Waals surface area contributed by atoms with Gasteiger partial charge >= 0.3 is 0 Å². The van der Waals surface area contributed by atoms with Crippen LogP contribution in [0.1, 0.15) is 44.9 Å². The average molecular weight is 238 g/mol. The summed E-state index contributed by atoms with van der Waals surface area (Å²) < 4.78 is 0. The minimum Gasteiger partial charge on any atom is -0.389 e. The van der Waals surface area contributed by atoms with Crippen molar-refractivity contribution >= 4 is 0 Å². The molecule has 98 valence electrons. The fourth-order valence-electron chi connectivity index (χ4n) is 3.97. The summed E-state index contributed by atoms with van der Waals surface area (Å²) in [7, 11) is 0. The molecular formula is C14H26N2O. The van der Waals surface area contributed by atoms with Gasteiger partial charge in [-0.15, -0.1) is 0 Å². The van der Waals surface area contributed by atoms with Gasteiger partial charge < -0.3 is 5.11 Å².